The fraction of sp³-hybridized carbons (Fsp3) is 0.150. The summed E-state index contributed by atoms with van der Waals surface area (Å²) in [6, 6.07) is 14.3. The molecule has 3 aromatic rings. The van der Waals surface area contributed by atoms with Gasteiger partial charge >= 0.3 is 5.97 Å². The summed E-state index contributed by atoms with van der Waals surface area (Å²) in [5.74, 6) is 0.609. The topological polar surface area (TPSA) is 80.9 Å². The Bertz CT molecular complexity index is 927. The molecule has 0 saturated heterocycles. The quantitative estimate of drug-likeness (QED) is 0.382. The van der Waals surface area contributed by atoms with Crippen LogP contribution < -0.4 is 5.43 Å². The van der Waals surface area contributed by atoms with Crippen LogP contribution in [0.5, 0.6) is 0 Å². The third-order valence-electron chi connectivity index (χ3n) is 3.60. The molecule has 1 amide bonds. The summed E-state index contributed by atoms with van der Waals surface area (Å²) in [6.07, 6.45) is 1.74. The van der Waals surface area contributed by atoms with Gasteiger partial charge in [-0.1, -0.05) is 18.2 Å². The van der Waals surface area contributed by atoms with Gasteiger partial charge in [0.05, 0.1) is 24.8 Å². The van der Waals surface area contributed by atoms with Crippen molar-refractivity contribution in [1.29, 1.82) is 0 Å². The summed E-state index contributed by atoms with van der Waals surface area (Å²) in [4.78, 5) is 24.4. The molecule has 0 fully saturated rings. The Morgan fingerprint density at radius 3 is 2.70 bits per heavy atom. The van der Waals surface area contributed by atoms with E-state index in [0.717, 1.165) is 10.4 Å². The maximum atomic E-state index is 11.8. The van der Waals surface area contributed by atoms with Crippen LogP contribution in [0.2, 0.25) is 0 Å². The van der Waals surface area contributed by atoms with Gasteiger partial charge in [-0.15, -0.1) is 11.3 Å². The smallest absolute Gasteiger partial charge is 0.338 e. The number of hydrogen-bond donors (Lipinski definition) is 1. The van der Waals surface area contributed by atoms with Crippen molar-refractivity contribution in [2.45, 2.75) is 13.3 Å². The van der Waals surface area contributed by atoms with Crippen LogP contribution in [0.4, 0.5) is 0 Å². The number of hydrogen-bond acceptors (Lipinski definition) is 6. The Morgan fingerprint density at radius 2 is 2.00 bits per heavy atom. The zero-order valence-corrected chi connectivity index (χ0v) is 15.5. The van der Waals surface area contributed by atoms with Gasteiger partial charge in [-0.3, -0.25) is 4.79 Å². The third-order valence-corrected chi connectivity index (χ3v) is 4.48. The van der Waals surface area contributed by atoms with Crippen molar-refractivity contribution >= 4 is 29.4 Å². The number of carbonyl (C=O) groups is 2. The molecule has 0 spiro atoms. The van der Waals surface area contributed by atoms with Gasteiger partial charge < -0.3 is 9.15 Å². The highest BCUT2D eigenvalue weighted by Crippen LogP contribution is 2.22. The molecule has 6 nitrogen and oxygen atoms in total. The summed E-state index contributed by atoms with van der Waals surface area (Å²) < 4.78 is 10.7. The van der Waals surface area contributed by atoms with Crippen molar-refractivity contribution in [3.63, 3.8) is 0 Å². The predicted octanol–water partition coefficient (Wildman–Crippen LogP) is 3.88. The van der Waals surface area contributed by atoms with Crippen LogP contribution in [0.15, 0.2) is 63.4 Å². The van der Waals surface area contributed by atoms with Crippen molar-refractivity contribution in [3.05, 3.63) is 70.1 Å². The lowest BCUT2D eigenvalue weighted by Gasteiger charge is -2.02. The zero-order chi connectivity index (χ0) is 19.1. The van der Waals surface area contributed by atoms with Crippen LogP contribution >= 0.6 is 11.3 Å². The molecule has 3 rings (SSSR count). The molecule has 1 aromatic carbocycles. The Balaban J connectivity index is 1.57. The van der Waals surface area contributed by atoms with E-state index in [0.29, 0.717) is 30.1 Å². The second kappa shape index (κ2) is 8.95. The summed E-state index contributed by atoms with van der Waals surface area (Å²) in [5, 5.41) is 5.84. The highest BCUT2D eigenvalue weighted by Gasteiger charge is 2.08. The molecule has 0 aliphatic carbocycles. The molecule has 0 bridgehead atoms. The molecule has 0 aliphatic heterocycles. The number of hydrazone groups is 1. The number of amides is 1. The van der Waals surface area contributed by atoms with Crippen molar-refractivity contribution in [3.8, 4) is 11.3 Å². The van der Waals surface area contributed by atoms with E-state index in [-0.39, 0.29) is 11.9 Å². The van der Waals surface area contributed by atoms with E-state index in [9.17, 15) is 9.59 Å². The molecular formula is C20H18N2O4S. The number of carbonyl (C=O) groups excluding carboxylic acids is 2. The van der Waals surface area contributed by atoms with Crippen molar-refractivity contribution in [2.24, 2.45) is 5.10 Å². The van der Waals surface area contributed by atoms with E-state index >= 15 is 0 Å². The number of nitrogens with zero attached hydrogens (tertiary/aromatic N) is 1. The van der Waals surface area contributed by atoms with Gasteiger partial charge in [0.25, 0.3) is 0 Å². The Labute approximate surface area is 160 Å². The molecule has 27 heavy (non-hydrogen) atoms. The minimum absolute atomic E-state index is 0.185. The Hall–Kier alpha value is -3.19. The molecule has 0 aliphatic rings. The van der Waals surface area contributed by atoms with Gasteiger partial charge in [0.15, 0.2) is 0 Å². The lowest BCUT2D eigenvalue weighted by molar-refractivity contribution is -0.120. The molecule has 2 aromatic heterocycles. The van der Waals surface area contributed by atoms with Crippen LogP contribution in [0.25, 0.3) is 11.3 Å². The SMILES string of the molecule is CCOC(=O)c1ccc(-c2ccc(/C=N/NC(=O)Cc3cccs3)o2)cc1. The summed E-state index contributed by atoms with van der Waals surface area (Å²) in [5.41, 5.74) is 3.79. The first kappa shape index (κ1) is 18.6. The van der Waals surface area contributed by atoms with E-state index in [1.54, 1.807) is 43.3 Å². The normalized spacial score (nSPS) is 10.9. The minimum atomic E-state index is -0.352. The van der Waals surface area contributed by atoms with Crippen LogP contribution in [0, 0.1) is 0 Å². The fourth-order valence-corrected chi connectivity index (χ4v) is 3.04. The third kappa shape index (κ3) is 5.15. The number of benzene rings is 1. The molecule has 138 valence electrons. The van der Waals surface area contributed by atoms with E-state index in [1.165, 1.54) is 17.6 Å². The molecule has 2 heterocycles. The zero-order valence-electron chi connectivity index (χ0n) is 14.7. The second-order valence-corrected chi connectivity index (χ2v) is 6.58. The average Bonchev–Trinajstić information content (AvgIpc) is 3.34. The summed E-state index contributed by atoms with van der Waals surface area (Å²) in [6.45, 7) is 2.11. The monoisotopic (exact) mass is 382 g/mol. The Kier molecular flexibility index (Phi) is 6.17. The lowest BCUT2D eigenvalue weighted by atomic mass is 10.1. The average molecular weight is 382 g/mol. The van der Waals surface area contributed by atoms with Gasteiger partial charge in [-0.05, 0) is 42.6 Å². The van der Waals surface area contributed by atoms with Crippen LogP contribution in [0.1, 0.15) is 27.9 Å². The summed E-state index contributed by atoms with van der Waals surface area (Å²) >= 11 is 1.53. The number of nitrogens with one attached hydrogen (secondary N) is 1. The molecule has 0 atom stereocenters. The summed E-state index contributed by atoms with van der Waals surface area (Å²) in [7, 11) is 0. The highest BCUT2D eigenvalue weighted by atomic mass is 32.1. The van der Waals surface area contributed by atoms with Gasteiger partial charge in [-0.2, -0.15) is 5.10 Å². The van der Waals surface area contributed by atoms with Gasteiger partial charge in [0, 0.05) is 10.4 Å². The van der Waals surface area contributed by atoms with Crippen molar-refractivity contribution in [2.75, 3.05) is 6.61 Å². The molecule has 0 radical (unpaired) electrons. The second-order valence-electron chi connectivity index (χ2n) is 5.55. The molecule has 0 saturated carbocycles. The Morgan fingerprint density at radius 1 is 1.19 bits per heavy atom. The van der Waals surface area contributed by atoms with E-state index in [1.807, 2.05) is 17.5 Å². The molecular weight excluding hydrogens is 364 g/mol. The van der Waals surface area contributed by atoms with Crippen molar-refractivity contribution < 1.29 is 18.7 Å². The van der Waals surface area contributed by atoms with Crippen LogP contribution in [-0.4, -0.2) is 24.7 Å². The number of esters is 1. The molecule has 1 N–H and O–H groups in total. The number of thiophene rings is 1. The largest absolute Gasteiger partial charge is 0.462 e. The first-order valence-corrected chi connectivity index (χ1v) is 9.25. The highest BCUT2D eigenvalue weighted by molar-refractivity contribution is 7.10. The van der Waals surface area contributed by atoms with Crippen molar-refractivity contribution in [1.82, 2.24) is 5.43 Å². The van der Waals surface area contributed by atoms with E-state index < -0.39 is 0 Å². The van der Waals surface area contributed by atoms with Gasteiger partial charge in [-0.25, -0.2) is 10.2 Å². The standard InChI is InChI=1S/C20H18N2O4S/c1-2-25-20(24)15-7-5-14(6-8-15)18-10-9-16(26-18)13-21-22-19(23)12-17-4-3-11-27-17/h3-11,13H,2,12H2,1H3,(H,22,23)/b21-13+. The van der Waals surface area contributed by atoms with Crippen LogP contribution in [0.3, 0.4) is 0 Å². The fourth-order valence-electron chi connectivity index (χ4n) is 2.34. The predicted molar refractivity (Wildman–Crippen MR) is 104 cm³/mol. The van der Waals surface area contributed by atoms with Gasteiger partial charge in [0.2, 0.25) is 5.91 Å². The first-order valence-electron chi connectivity index (χ1n) is 8.37. The molecule has 7 heteroatoms. The minimum Gasteiger partial charge on any atom is -0.462 e. The maximum Gasteiger partial charge on any atom is 0.338 e. The number of ether oxygens (including phenoxy) is 1. The molecule has 0 unspecified atom stereocenters. The van der Waals surface area contributed by atoms with Crippen LogP contribution in [-0.2, 0) is 16.0 Å². The first-order chi connectivity index (χ1) is 13.2. The van der Waals surface area contributed by atoms with E-state index in [2.05, 4.69) is 10.5 Å². The maximum absolute atomic E-state index is 11.8. The lowest BCUT2D eigenvalue weighted by Crippen LogP contribution is -2.19. The number of rotatable bonds is 7. The number of furan rings is 1. The van der Waals surface area contributed by atoms with Gasteiger partial charge in [0.1, 0.15) is 11.5 Å². The van der Waals surface area contributed by atoms with E-state index in [4.69, 9.17) is 9.15 Å².